The van der Waals surface area contributed by atoms with E-state index in [1.807, 2.05) is 31.2 Å². The Hall–Kier alpha value is -2.47. The van der Waals surface area contributed by atoms with Gasteiger partial charge in [0.2, 0.25) is 0 Å². The molecule has 1 atom stereocenters. The summed E-state index contributed by atoms with van der Waals surface area (Å²) in [7, 11) is 1.74. The molecule has 0 aliphatic carbocycles. The second kappa shape index (κ2) is 9.29. The van der Waals surface area contributed by atoms with E-state index in [9.17, 15) is 9.59 Å². The predicted molar refractivity (Wildman–Crippen MR) is 103 cm³/mol. The van der Waals surface area contributed by atoms with Crippen LogP contribution in [-0.4, -0.2) is 40.8 Å². The molecule has 0 bridgehead atoms. The number of carbonyl (C=O) groups is 2. The fourth-order valence-electron chi connectivity index (χ4n) is 2.40. The summed E-state index contributed by atoms with van der Waals surface area (Å²) in [6.07, 6.45) is 0. The highest BCUT2D eigenvalue weighted by Crippen LogP contribution is 2.28. The van der Waals surface area contributed by atoms with Crippen molar-refractivity contribution in [3.63, 3.8) is 0 Å². The average Bonchev–Trinajstić information content (AvgIpc) is 2.63. The molecule has 1 unspecified atom stereocenters. The first-order valence-electron chi connectivity index (χ1n) is 8.38. The highest BCUT2D eigenvalue weighted by Gasteiger charge is 2.20. The Balaban J connectivity index is 2.11. The van der Waals surface area contributed by atoms with E-state index >= 15 is 0 Å². The van der Waals surface area contributed by atoms with E-state index < -0.39 is 11.2 Å². The van der Waals surface area contributed by atoms with E-state index in [1.54, 1.807) is 43.1 Å². The molecule has 0 radical (unpaired) electrons. The molecule has 0 saturated heterocycles. The molecule has 2 rings (SSSR count). The summed E-state index contributed by atoms with van der Waals surface area (Å²) in [5.74, 6) is -0.241. The zero-order chi connectivity index (χ0) is 19.1. The Morgan fingerprint density at radius 3 is 2.42 bits per heavy atom. The Morgan fingerprint density at radius 2 is 1.81 bits per heavy atom. The standard InChI is InChI=1S/C20H23NO4S/c1-4-25-16-11-9-15(10-12-16)13-21(3)19(22)17-7-5-6-8-18(17)26-14(2)20(23)24/h5-12,14H,4,13H2,1-3H3,(H,23,24). The maximum absolute atomic E-state index is 12.8. The lowest BCUT2D eigenvalue weighted by atomic mass is 10.1. The van der Waals surface area contributed by atoms with Crippen LogP contribution < -0.4 is 4.74 Å². The Labute approximate surface area is 158 Å². The van der Waals surface area contributed by atoms with E-state index in [4.69, 9.17) is 9.84 Å². The van der Waals surface area contributed by atoms with Gasteiger partial charge in [0, 0.05) is 18.5 Å². The molecule has 0 heterocycles. The molecule has 0 spiro atoms. The van der Waals surface area contributed by atoms with E-state index in [2.05, 4.69) is 0 Å². The molecule has 1 N–H and O–H groups in total. The van der Waals surface area contributed by atoms with Crippen LogP contribution in [0.1, 0.15) is 29.8 Å². The number of rotatable bonds is 8. The van der Waals surface area contributed by atoms with Gasteiger partial charge in [0.05, 0.1) is 12.2 Å². The van der Waals surface area contributed by atoms with Crippen molar-refractivity contribution < 1.29 is 19.4 Å². The highest BCUT2D eigenvalue weighted by atomic mass is 32.2. The van der Waals surface area contributed by atoms with Crippen LogP contribution >= 0.6 is 11.8 Å². The van der Waals surface area contributed by atoms with Crippen molar-refractivity contribution in [3.8, 4) is 5.75 Å². The second-order valence-electron chi connectivity index (χ2n) is 5.83. The summed E-state index contributed by atoms with van der Waals surface area (Å²) >= 11 is 1.17. The van der Waals surface area contributed by atoms with Crippen molar-refractivity contribution in [1.82, 2.24) is 4.90 Å². The highest BCUT2D eigenvalue weighted by molar-refractivity contribution is 8.00. The number of carbonyl (C=O) groups excluding carboxylic acids is 1. The lowest BCUT2D eigenvalue weighted by molar-refractivity contribution is -0.136. The minimum atomic E-state index is -0.903. The predicted octanol–water partition coefficient (Wildman–Crippen LogP) is 3.92. The number of carboxylic acids is 1. The number of hydrogen-bond donors (Lipinski definition) is 1. The number of amides is 1. The molecule has 5 nitrogen and oxygen atoms in total. The average molecular weight is 373 g/mol. The third-order valence-corrected chi connectivity index (χ3v) is 4.93. The summed E-state index contributed by atoms with van der Waals surface area (Å²) < 4.78 is 5.42. The van der Waals surface area contributed by atoms with Gasteiger partial charge in [0.1, 0.15) is 11.0 Å². The molecule has 0 aliphatic rings. The Bertz CT molecular complexity index is 761. The Kier molecular flexibility index (Phi) is 7.09. The SMILES string of the molecule is CCOc1ccc(CN(C)C(=O)c2ccccc2SC(C)C(=O)O)cc1. The van der Waals surface area contributed by atoms with E-state index in [0.717, 1.165) is 11.3 Å². The molecule has 0 aliphatic heterocycles. The molecule has 6 heteroatoms. The maximum atomic E-state index is 12.8. The molecule has 0 fully saturated rings. The zero-order valence-corrected chi connectivity index (χ0v) is 16.0. The molecule has 0 aromatic heterocycles. The monoisotopic (exact) mass is 373 g/mol. The van der Waals surface area contributed by atoms with Gasteiger partial charge in [-0.2, -0.15) is 0 Å². The maximum Gasteiger partial charge on any atom is 0.316 e. The van der Waals surface area contributed by atoms with Gasteiger partial charge >= 0.3 is 5.97 Å². The number of aliphatic carboxylic acids is 1. The molecular weight excluding hydrogens is 350 g/mol. The number of thioether (sulfide) groups is 1. The fourth-order valence-corrected chi connectivity index (χ4v) is 3.32. The number of carboxylic acid groups (broad SMARTS) is 1. The first-order chi connectivity index (χ1) is 12.4. The Morgan fingerprint density at radius 1 is 1.15 bits per heavy atom. The fraction of sp³-hybridized carbons (Fsp3) is 0.300. The van der Waals surface area contributed by atoms with Crippen LogP contribution in [0.15, 0.2) is 53.4 Å². The largest absolute Gasteiger partial charge is 0.494 e. The summed E-state index contributed by atoms with van der Waals surface area (Å²) in [6, 6.07) is 14.7. The number of benzene rings is 2. The lowest BCUT2D eigenvalue weighted by Crippen LogP contribution is -2.27. The van der Waals surface area contributed by atoms with Crippen molar-refractivity contribution >= 4 is 23.6 Å². The summed E-state index contributed by atoms with van der Waals surface area (Å²) in [5, 5.41) is 8.49. The van der Waals surface area contributed by atoms with Crippen LogP contribution in [0.3, 0.4) is 0 Å². The van der Waals surface area contributed by atoms with Gasteiger partial charge in [0.25, 0.3) is 5.91 Å². The number of hydrogen-bond acceptors (Lipinski definition) is 4. The second-order valence-corrected chi connectivity index (χ2v) is 7.22. The van der Waals surface area contributed by atoms with Gasteiger partial charge in [-0.05, 0) is 43.7 Å². The van der Waals surface area contributed by atoms with Crippen molar-refractivity contribution in [2.24, 2.45) is 0 Å². The number of ether oxygens (including phenoxy) is 1. The third kappa shape index (κ3) is 5.26. The molecular formula is C20H23NO4S. The topological polar surface area (TPSA) is 66.8 Å². The molecule has 138 valence electrons. The third-order valence-electron chi connectivity index (χ3n) is 3.77. The summed E-state index contributed by atoms with van der Waals surface area (Å²) in [6.45, 7) is 4.61. The van der Waals surface area contributed by atoms with Crippen molar-refractivity contribution in [1.29, 1.82) is 0 Å². The van der Waals surface area contributed by atoms with Crippen LogP contribution in [0.25, 0.3) is 0 Å². The first-order valence-corrected chi connectivity index (χ1v) is 9.26. The lowest BCUT2D eigenvalue weighted by Gasteiger charge is -2.20. The van der Waals surface area contributed by atoms with E-state index in [1.165, 1.54) is 11.8 Å². The van der Waals surface area contributed by atoms with Gasteiger partial charge in [-0.3, -0.25) is 9.59 Å². The van der Waals surface area contributed by atoms with Crippen molar-refractivity contribution in [2.45, 2.75) is 30.5 Å². The van der Waals surface area contributed by atoms with Gasteiger partial charge in [-0.15, -0.1) is 11.8 Å². The van der Waals surface area contributed by atoms with Crippen LogP contribution in [0.2, 0.25) is 0 Å². The van der Waals surface area contributed by atoms with Gasteiger partial charge in [0.15, 0.2) is 0 Å². The molecule has 0 saturated carbocycles. The van der Waals surface area contributed by atoms with E-state index in [0.29, 0.717) is 23.6 Å². The van der Waals surface area contributed by atoms with E-state index in [-0.39, 0.29) is 5.91 Å². The first kappa shape index (κ1) is 19.8. The van der Waals surface area contributed by atoms with Crippen LogP contribution in [-0.2, 0) is 11.3 Å². The minimum Gasteiger partial charge on any atom is -0.494 e. The smallest absolute Gasteiger partial charge is 0.316 e. The quantitative estimate of drug-likeness (QED) is 0.711. The van der Waals surface area contributed by atoms with Crippen molar-refractivity contribution in [3.05, 3.63) is 59.7 Å². The van der Waals surface area contributed by atoms with Gasteiger partial charge in [-0.1, -0.05) is 24.3 Å². The molecule has 1 amide bonds. The minimum absolute atomic E-state index is 0.139. The molecule has 2 aromatic carbocycles. The summed E-state index contributed by atoms with van der Waals surface area (Å²) in [5.41, 5.74) is 1.51. The van der Waals surface area contributed by atoms with Crippen LogP contribution in [0.4, 0.5) is 0 Å². The molecule has 2 aromatic rings. The van der Waals surface area contributed by atoms with Crippen LogP contribution in [0, 0.1) is 0 Å². The summed E-state index contributed by atoms with van der Waals surface area (Å²) in [4.78, 5) is 26.2. The normalized spacial score (nSPS) is 11.7. The van der Waals surface area contributed by atoms with Crippen LogP contribution in [0.5, 0.6) is 5.75 Å². The van der Waals surface area contributed by atoms with Gasteiger partial charge in [-0.25, -0.2) is 0 Å². The van der Waals surface area contributed by atoms with Gasteiger partial charge < -0.3 is 14.7 Å². The van der Waals surface area contributed by atoms with Crippen molar-refractivity contribution in [2.75, 3.05) is 13.7 Å². The number of nitrogens with zero attached hydrogens (tertiary/aromatic N) is 1. The zero-order valence-electron chi connectivity index (χ0n) is 15.1. The molecule has 26 heavy (non-hydrogen) atoms.